The van der Waals surface area contributed by atoms with Gasteiger partial charge in [0.2, 0.25) is 5.78 Å². The number of halogens is 2. The van der Waals surface area contributed by atoms with Gasteiger partial charge in [0.25, 0.3) is 0 Å². The molecule has 3 aromatic carbocycles. The number of nitrogens with zero attached hydrogens (tertiary/aromatic N) is 1. The van der Waals surface area contributed by atoms with Crippen molar-refractivity contribution in [3.05, 3.63) is 107 Å². The van der Waals surface area contributed by atoms with E-state index in [1.165, 1.54) is 36.4 Å². The first-order valence-corrected chi connectivity index (χ1v) is 12.2. The molecule has 0 amide bonds. The molecule has 0 aliphatic carbocycles. The second-order valence-electron chi connectivity index (χ2n) is 9.77. The van der Waals surface area contributed by atoms with Crippen molar-refractivity contribution in [1.82, 2.24) is 0 Å². The number of hydrogen-bond donors (Lipinski definition) is 0. The van der Waals surface area contributed by atoms with Crippen molar-refractivity contribution in [2.45, 2.75) is 25.0 Å². The van der Waals surface area contributed by atoms with Gasteiger partial charge in [-0.05, 0) is 24.3 Å². The molecule has 2 bridgehead atoms. The fourth-order valence-corrected chi connectivity index (χ4v) is 5.51. The van der Waals surface area contributed by atoms with Crippen molar-refractivity contribution in [2.24, 2.45) is 5.92 Å². The SMILES string of the molecule is O=C(OC(c1cccc(F)c1)c1cccc(F)c1)O[C@H]1C[N+]2(CC(=O)c3ccccc3)CCC1CC2. The summed E-state index contributed by atoms with van der Waals surface area (Å²) in [5.41, 5.74) is 1.44. The van der Waals surface area contributed by atoms with Gasteiger partial charge in [0.1, 0.15) is 24.7 Å². The number of benzene rings is 3. The molecule has 3 aliphatic rings. The zero-order valence-corrected chi connectivity index (χ0v) is 19.8. The minimum atomic E-state index is -1.02. The van der Waals surface area contributed by atoms with Crippen LogP contribution in [-0.2, 0) is 9.47 Å². The van der Waals surface area contributed by atoms with E-state index in [1.54, 1.807) is 12.1 Å². The van der Waals surface area contributed by atoms with Gasteiger partial charge in [-0.3, -0.25) is 4.79 Å². The lowest BCUT2D eigenvalue weighted by Crippen LogP contribution is -2.65. The molecule has 0 radical (unpaired) electrons. The molecule has 3 aliphatic heterocycles. The number of Topliss-reactive ketones (excluding diaryl/α,β-unsaturated/α-hetero) is 1. The molecule has 0 spiro atoms. The van der Waals surface area contributed by atoms with Crippen LogP contribution in [0.1, 0.15) is 40.4 Å². The van der Waals surface area contributed by atoms with Crippen molar-refractivity contribution >= 4 is 11.9 Å². The van der Waals surface area contributed by atoms with Crippen LogP contribution < -0.4 is 0 Å². The zero-order valence-electron chi connectivity index (χ0n) is 19.8. The van der Waals surface area contributed by atoms with Crippen LogP contribution in [0.3, 0.4) is 0 Å². The molecular weight excluding hydrogens is 464 g/mol. The summed E-state index contributed by atoms with van der Waals surface area (Å²) >= 11 is 0. The number of hydrogen-bond acceptors (Lipinski definition) is 4. The highest BCUT2D eigenvalue weighted by molar-refractivity contribution is 5.96. The van der Waals surface area contributed by atoms with E-state index in [9.17, 15) is 18.4 Å². The minimum absolute atomic E-state index is 0.0783. The normalized spacial score (nSPS) is 22.9. The van der Waals surface area contributed by atoms with Gasteiger partial charge >= 0.3 is 6.16 Å². The lowest BCUT2D eigenvalue weighted by molar-refractivity contribution is -0.938. The highest BCUT2D eigenvalue weighted by Crippen LogP contribution is 2.36. The molecule has 0 unspecified atom stereocenters. The standard InChI is InChI=1S/C29H28F2NO4/c30-24-10-4-8-22(16-24)28(23-9-5-11-25(31)17-23)36-29(34)35-27-19-32(14-12-21(27)13-15-32)18-26(33)20-6-2-1-3-7-20/h1-11,16-17,21,27-28H,12-15,18-19H2/q+1/t21?,27-,32?/m0/s1. The molecule has 36 heavy (non-hydrogen) atoms. The predicted molar refractivity (Wildman–Crippen MR) is 129 cm³/mol. The van der Waals surface area contributed by atoms with Gasteiger partial charge < -0.3 is 14.0 Å². The summed E-state index contributed by atoms with van der Waals surface area (Å²) in [6.45, 7) is 2.64. The number of fused-ring (bicyclic) bond motifs is 3. The Kier molecular flexibility index (Phi) is 6.83. The van der Waals surface area contributed by atoms with E-state index in [0.29, 0.717) is 34.3 Å². The van der Waals surface area contributed by atoms with E-state index in [0.717, 1.165) is 25.9 Å². The Labute approximate surface area is 208 Å². The third-order valence-corrected chi connectivity index (χ3v) is 7.38. The fraction of sp³-hybridized carbons (Fsp3) is 0.310. The van der Waals surface area contributed by atoms with E-state index in [-0.39, 0.29) is 17.8 Å². The topological polar surface area (TPSA) is 52.6 Å². The van der Waals surface area contributed by atoms with E-state index >= 15 is 0 Å². The summed E-state index contributed by atoms with van der Waals surface area (Å²) in [6, 6.07) is 20.6. The van der Waals surface area contributed by atoms with E-state index < -0.39 is 23.9 Å². The Bertz CT molecular complexity index is 1200. The monoisotopic (exact) mass is 492 g/mol. The van der Waals surface area contributed by atoms with Gasteiger partial charge in [-0.1, -0.05) is 54.6 Å². The quantitative estimate of drug-likeness (QED) is 0.241. The number of quaternary nitrogens is 1. The summed E-state index contributed by atoms with van der Waals surface area (Å²) in [6.07, 6.45) is -0.578. The van der Waals surface area contributed by atoms with Gasteiger partial charge in [-0.2, -0.15) is 0 Å². The van der Waals surface area contributed by atoms with E-state index in [4.69, 9.17) is 9.47 Å². The average molecular weight is 493 g/mol. The van der Waals surface area contributed by atoms with Crippen molar-refractivity contribution in [2.75, 3.05) is 26.2 Å². The molecule has 3 saturated heterocycles. The molecule has 6 rings (SSSR count). The molecule has 3 heterocycles. The molecule has 1 atom stereocenters. The lowest BCUT2D eigenvalue weighted by Gasteiger charge is -2.51. The van der Waals surface area contributed by atoms with Crippen molar-refractivity contribution < 1.29 is 32.3 Å². The van der Waals surface area contributed by atoms with Crippen LogP contribution in [0.2, 0.25) is 0 Å². The van der Waals surface area contributed by atoms with Crippen molar-refractivity contribution in [3.8, 4) is 0 Å². The highest BCUT2D eigenvalue weighted by Gasteiger charge is 2.49. The average Bonchev–Trinajstić information content (AvgIpc) is 2.88. The van der Waals surface area contributed by atoms with E-state index in [1.807, 2.05) is 30.3 Å². The minimum Gasteiger partial charge on any atom is -0.425 e. The van der Waals surface area contributed by atoms with Crippen LogP contribution in [0.25, 0.3) is 0 Å². The summed E-state index contributed by atoms with van der Waals surface area (Å²) < 4.78 is 39.9. The largest absolute Gasteiger partial charge is 0.509 e. The van der Waals surface area contributed by atoms with Gasteiger partial charge in [-0.25, -0.2) is 13.6 Å². The first-order chi connectivity index (χ1) is 17.4. The lowest BCUT2D eigenvalue weighted by atomic mass is 9.83. The summed E-state index contributed by atoms with van der Waals surface area (Å²) in [5.74, 6) is -0.698. The van der Waals surface area contributed by atoms with Crippen LogP contribution in [0.15, 0.2) is 78.9 Å². The van der Waals surface area contributed by atoms with Crippen LogP contribution in [0.5, 0.6) is 0 Å². The number of carbonyl (C=O) groups is 2. The van der Waals surface area contributed by atoms with Crippen molar-refractivity contribution in [3.63, 3.8) is 0 Å². The Hall–Kier alpha value is -3.58. The molecule has 3 aromatic rings. The zero-order chi connectivity index (χ0) is 25.1. The molecule has 0 N–H and O–H groups in total. The first-order valence-electron chi connectivity index (χ1n) is 12.2. The highest BCUT2D eigenvalue weighted by atomic mass is 19.1. The molecule has 7 heteroatoms. The van der Waals surface area contributed by atoms with Crippen LogP contribution in [-0.4, -0.2) is 48.7 Å². The Morgan fingerprint density at radius 2 is 1.47 bits per heavy atom. The van der Waals surface area contributed by atoms with Crippen LogP contribution in [0.4, 0.5) is 13.6 Å². The number of ether oxygens (including phenoxy) is 2. The summed E-state index contributed by atoms with van der Waals surface area (Å²) in [4.78, 5) is 25.9. The Morgan fingerprint density at radius 1 is 0.861 bits per heavy atom. The molecule has 0 saturated carbocycles. The summed E-state index contributed by atoms with van der Waals surface area (Å²) in [5, 5.41) is 0. The van der Waals surface area contributed by atoms with Gasteiger partial charge in [0, 0.05) is 35.4 Å². The summed E-state index contributed by atoms with van der Waals surface area (Å²) in [7, 11) is 0. The maximum atomic E-state index is 13.9. The number of ketones is 1. The molecule has 0 aromatic heterocycles. The van der Waals surface area contributed by atoms with Gasteiger partial charge in [0.15, 0.2) is 12.2 Å². The second-order valence-corrected chi connectivity index (χ2v) is 9.77. The third-order valence-electron chi connectivity index (χ3n) is 7.38. The smallest absolute Gasteiger partial charge is 0.425 e. The van der Waals surface area contributed by atoms with Gasteiger partial charge in [0.05, 0.1) is 13.1 Å². The van der Waals surface area contributed by atoms with Crippen molar-refractivity contribution in [1.29, 1.82) is 0 Å². The van der Waals surface area contributed by atoms with Crippen LogP contribution >= 0.6 is 0 Å². The van der Waals surface area contributed by atoms with E-state index in [2.05, 4.69) is 0 Å². The Balaban J connectivity index is 1.30. The first kappa shape index (κ1) is 24.1. The molecular formula is C29H28F2NO4+. The number of rotatable bonds is 7. The van der Waals surface area contributed by atoms with Gasteiger partial charge in [-0.15, -0.1) is 0 Å². The molecule has 186 valence electrons. The number of carbonyl (C=O) groups excluding carboxylic acids is 2. The molecule has 5 nitrogen and oxygen atoms in total. The predicted octanol–water partition coefficient (Wildman–Crippen LogP) is 5.70. The maximum absolute atomic E-state index is 13.9. The third kappa shape index (κ3) is 5.31. The number of piperidine rings is 3. The maximum Gasteiger partial charge on any atom is 0.509 e. The van der Waals surface area contributed by atoms with Crippen LogP contribution in [0, 0.1) is 17.6 Å². The molecule has 3 fully saturated rings. The second kappa shape index (κ2) is 10.2. The Morgan fingerprint density at radius 3 is 2.06 bits per heavy atom. The fourth-order valence-electron chi connectivity index (χ4n) is 5.51.